The van der Waals surface area contributed by atoms with Crippen molar-refractivity contribution in [1.29, 1.82) is 0 Å². The van der Waals surface area contributed by atoms with E-state index in [0.717, 1.165) is 16.5 Å². The summed E-state index contributed by atoms with van der Waals surface area (Å²) >= 11 is 0. The normalized spacial score (nSPS) is 11.0. The molecular formula is C20H16FN3O2. The number of amides is 1. The lowest BCUT2D eigenvalue weighted by Gasteiger charge is -2.05. The Bertz CT molecular complexity index is 1050. The number of nitrogens with zero attached hydrogens (tertiary/aromatic N) is 1. The fourth-order valence-corrected chi connectivity index (χ4v) is 2.96. The summed E-state index contributed by atoms with van der Waals surface area (Å²) in [7, 11) is 0. The van der Waals surface area contributed by atoms with Crippen LogP contribution in [0.2, 0.25) is 0 Å². The summed E-state index contributed by atoms with van der Waals surface area (Å²) in [5.41, 5.74) is 3.15. The summed E-state index contributed by atoms with van der Waals surface area (Å²) in [5, 5.41) is 7.74. The zero-order valence-electron chi connectivity index (χ0n) is 13.8. The van der Waals surface area contributed by atoms with Crippen LogP contribution in [0.15, 0.2) is 65.4 Å². The van der Waals surface area contributed by atoms with Gasteiger partial charge in [0, 0.05) is 29.2 Å². The van der Waals surface area contributed by atoms with Crippen molar-refractivity contribution in [3.05, 3.63) is 77.9 Å². The van der Waals surface area contributed by atoms with E-state index in [1.807, 2.05) is 24.4 Å². The molecule has 6 heteroatoms. The Morgan fingerprint density at radius 2 is 1.96 bits per heavy atom. The number of nitrogens with one attached hydrogen (secondary N) is 2. The lowest BCUT2D eigenvalue weighted by Crippen LogP contribution is -2.25. The Kier molecular flexibility index (Phi) is 4.23. The molecule has 1 amide bonds. The molecule has 0 spiro atoms. The van der Waals surface area contributed by atoms with Crippen LogP contribution in [0.1, 0.15) is 15.9 Å². The minimum Gasteiger partial charge on any atom is -0.361 e. The van der Waals surface area contributed by atoms with Gasteiger partial charge in [-0.25, -0.2) is 4.39 Å². The summed E-state index contributed by atoms with van der Waals surface area (Å²) in [6.45, 7) is 0.481. The molecule has 0 unspecified atom stereocenters. The maximum absolute atomic E-state index is 13.1. The first-order chi connectivity index (χ1) is 12.7. The number of fused-ring (bicyclic) bond motifs is 1. The number of carbonyl (C=O) groups excluding carboxylic acids is 1. The molecule has 0 fully saturated rings. The van der Waals surface area contributed by atoms with Gasteiger partial charge in [-0.15, -0.1) is 0 Å². The summed E-state index contributed by atoms with van der Waals surface area (Å²) in [6.07, 6.45) is 4.03. The van der Waals surface area contributed by atoms with Crippen LogP contribution in [0.4, 0.5) is 4.39 Å². The monoisotopic (exact) mass is 349 g/mol. The Morgan fingerprint density at radius 1 is 1.15 bits per heavy atom. The summed E-state index contributed by atoms with van der Waals surface area (Å²) in [5.74, 6) is -0.294. The van der Waals surface area contributed by atoms with Gasteiger partial charge < -0.3 is 14.8 Å². The zero-order valence-corrected chi connectivity index (χ0v) is 13.8. The predicted octanol–water partition coefficient (Wildman–Crippen LogP) is 3.93. The summed E-state index contributed by atoms with van der Waals surface area (Å²) in [4.78, 5) is 15.7. The van der Waals surface area contributed by atoms with Gasteiger partial charge in [-0.3, -0.25) is 4.79 Å². The number of H-pyrrole nitrogens is 1. The highest BCUT2D eigenvalue weighted by Crippen LogP contribution is 2.24. The topological polar surface area (TPSA) is 70.9 Å². The van der Waals surface area contributed by atoms with Crippen molar-refractivity contribution in [3.63, 3.8) is 0 Å². The number of hydrogen-bond donors (Lipinski definition) is 2. The highest BCUT2D eigenvalue weighted by molar-refractivity contribution is 5.99. The fraction of sp³-hybridized carbons (Fsp3) is 0.100. The molecule has 0 bridgehead atoms. The van der Waals surface area contributed by atoms with Crippen LogP contribution < -0.4 is 5.32 Å². The van der Waals surface area contributed by atoms with E-state index in [4.69, 9.17) is 4.52 Å². The van der Waals surface area contributed by atoms with Gasteiger partial charge in [-0.2, -0.15) is 0 Å². The van der Waals surface area contributed by atoms with Gasteiger partial charge in [0.25, 0.3) is 5.91 Å². The smallest absolute Gasteiger partial charge is 0.256 e. The molecule has 26 heavy (non-hydrogen) atoms. The number of rotatable bonds is 5. The minimum atomic E-state index is -0.349. The van der Waals surface area contributed by atoms with E-state index in [1.54, 1.807) is 12.1 Å². The van der Waals surface area contributed by atoms with Gasteiger partial charge >= 0.3 is 0 Å². The molecule has 0 aliphatic rings. The standard InChI is InChI=1S/C20H16FN3O2/c21-15-7-5-13(6-8-15)19-17(12-24-26-19)20(25)22-10-9-14-11-23-18-4-2-1-3-16(14)18/h1-8,11-12,23H,9-10H2,(H,22,25). The lowest BCUT2D eigenvalue weighted by atomic mass is 10.1. The van der Waals surface area contributed by atoms with Crippen LogP contribution in [0.5, 0.6) is 0 Å². The van der Waals surface area contributed by atoms with Crippen molar-refractivity contribution in [2.75, 3.05) is 6.54 Å². The van der Waals surface area contributed by atoms with E-state index in [-0.39, 0.29) is 11.7 Å². The third kappa shape index (κ3) is 3.09. The first kappa shape index (κ1) is 16.1. The van der Waals surface area contributed by atoms with Crippen molar-refractivity contribution >= 4 is 16.8 Å². The zero-order chi connectivity index (χ0) is 17.9. The molecule has 2 aromatic heterocycles. The van der Waals surface area contributed by atoms with Crippen LogP contribution in [0.3, 0.4) is 0 Å². The molecule has 2 heterocycles. The highest BCUT2D eigenvalue weighted by atomic mass is 19.1. The molecule has 0 atom stereocenters. The Hall–Kier alpha value is -3.41. The van der Waals surface area contributed by atoms with Gasteiger partial charge in [-0.1, -0.05) is 23.4 Å². The van der Waals surface area contributed by atoms with Gasteiger partial charge in [0.15, 0.2) is 5.76 Å². The highest BCUT2D eigenvalue weighted by Gasteiger charge is 2.17. The molecule has 0 aliphatic carbocycles. The van der Waals surface area contributed by atoms with Crippen LogP contribution in [0, 0.1) is 5.82 Å². The maximum atomic E-state index is 13.1. The average Bonchev–Trinajstić information content (AvgIpc) is 3.30. The number of hydrogen-bond acceptors (Lipinski definition) is 3. The van der Waals surface area contributed by atoms with Crippen molar-refractivity contribution in [1.82, 2.24) is 15.5 Å². The first-order valence-electron chi connectivity index (χ1n) is 8.26. The second kappa shape index (κ2) is 6.84. The quantitative estimate of drug-likeness (QED) is 0.573. The van der Waals surface area contributed by atoms with Crippen molar-refractivity contribution in [2.45, 2.75) is 6.42 Å². The molecule has 4 rings (SSSR count). The number of carbonyl (C=O) groups is 1. The second-order valence-electron chi connectivity index (χ2n) is 5.94. The van der Waals surface area contributed by atoms with E-state index in [9.17, 15) is 9.18 Å². The molecule has 0 saturated heterocycles. The van der Waals surface area contributed by atoms with E-state index in [1.165, 1.54) is 18.3 Å². The number of aromatic amines is 1. The molecule has 130 valence electrons. The first-order valence-corrected chi connectivity index (χ1v) is 8.26. The van der Waals surface area contributed by atoms with Crippen molar-refractivity contribution < 1.29 is 13.7 Å². The molecule has 2 aromatic carbocycles. The van der Waals surface area contributed by atoms with Gasteiger partial charge in [0.1, 0.15) is 11.4 Å². The fourth-order valence-electron chi connectivity index (χ4n) is 2.96. The minimum absolute atomic E-state index is 0.273. The number of aromatic nitrogens is 2. The molecular weight excluding hydrogens is 333 g/mol. The largest absolute Gasteiger partial charge is 0.361 e. The van der Waals surface area contributed by atoms with Crippen molar-refractivity contribution in [2.24, 2.45) is 0 Å². The predicted molar refractivity (Wildman–Crippen MR) is 96.2 cm³/mol. The third-order valence-electron chi connectivity index (χ3n) is 4.28. The van der Waals surface area contributed by atoms with Crippen molar-refractivity contribution in [3.8, 4) is 11.3 Å². The second-order valence-corrected chi connectivity index (χ2v) is 5.94. The Labute approximate surface area is 148 Å². The van der Waals surface area contributed by atoms with Crippen LogP contribution in [-0.4, -0.2) is 22.6 Å². The maximum Gasteiger partial charge on any atom is 0.256 e. The van der Waals surface area contributed by atoms with Crippen LogP contribution in [-0.2, 0) is 6.42 Å². The summed E-state index contributed by atoms with van der Waals surface area (Å²) < 4.78 is 18.3. The number of halogens is 1. The molecule has 5 nitrogen and oxygen atoms in total. The molecule has 4 aromatic rings. The van der Waals surface area contributed by atoms with Gasteiger partial charge in [0.05, 0.1) is 6.20 Å². The van der Waals surface area contributed by atoms with E-state index < -0.39 is 0 Å². The number of para-hydroxylation sites is 1. The SMILES string of the molecule is O=C(NCCc1c[nH]c2ccccc12)c1cnoc1-c1ccc(F)cc1. The molecule has 2 N–H and O–H groups in total. The molecule has 0 saturated carbocycles. The van der Waals surface area contributed by atoms with E-state index in [0.29, 0.717) is 29.9 Å². The third-order valence-corrected chi connectivity index (χ3v) is 4.28. The van der Waals surface area contributed by atoms with Gasteiger partial charge in [-0.05, 0) is 42.3 Å². The Balaban J connectivity index is 1.44. The molecule has 0 radical (unpaired) electrons. The Morgan fingerprint density at radius 3 is 2.81 bits per heavy atom. The van der Waals surface area contributed by atoms with E-state index >= 15 is 0 Å². The van der Waals surface area contributed by atoms with Gasteiger partial charge in [0.2, 0.25) is 0 Å². The lowest BCUT2D eigenvalue weighted by molar-refractivity contribution is 0.0954. The summed E-state index contributed by atoms with van der Waals surface area (Å²) in [6, 6.07) is 13.8. The van der Waals surface area contributed by atoms with Crippen LogP contribution in [0.25, 0.3) is 22.2 Å². The average molecular weight is 349 g/mol. The van der Waals surface area contributed by atoms with E-state index in [2.05, 4.69) is 21.5 Å². The van der Waals surface area contributed by atoms with Crippen LogP contribution >= 0.6 is 0 Å². The number of benzene rings is 2. The molecule has 0 aliphatic heterocycles.